The monoisotopic (exact) mass is 423 g/mol. The second-order valence-electron chi connectivity index (χ2n) is 7.93. The lowest BCUT2D eigenvalue weighted by molar-refractivity contribution is -0.130. The van der Waals surface area contributed by atoms with Crippen LogP contribution in [0, 0.1) is 13.8 Å². The Hall–Kier alpha value is -3.35. The summed E-state index contributed by atoms with van der Waals surface area (Å²) >= 11 is 0. The number of hydrogen-bond donors (Lipinski definition) is 2. The van der Waals surface area contributed by atoms with Crippen molar-refractivity contribution < 1.29 is 19.1 Å². The minimum Gasteiger partial charge on any atom is -0.445 e. The summed E-state index contributed by atoms with van der Waals surface area (Å²) in [6, 6.07) is 13.7. The Labute approximate surface area is 182 Å². The van der Waals surface area contributed by atoms with Crippen LogP contribution in [0.2, 0.25) is 0 Å². The van der Waals surface area contributed by atoms with E-state index < -0.39 is 24.1 Å². The molecule has 3 rings (SSSR count). The molecule has 7 heteroatoms. The quantitative estimate of drug-likeness (QED) is 0.715. The number of hydrogen-bond acceptors (Lipinski definition) is 4. The maximum Gasteiger partial charge on any atom is 0.410 e. The molecule has 0 spiro atoms. The van der Waals surface area contributed by atoms with Crippen LogP contribution in [0.15, 0.2) is 48.5 Å². The number of amides is 3. The predicted molar refractivity (Wildman–Crippen MR) is 117 cm³/mol. The topological polar surface area (TPSA) is 102 Å². The molecule has 2 atom stereocenters. The van der Waals surface area contributed by atoms with E-state index in [2.05, 4.69) is 5.32 Å². The van der Waals surface area contributed by atoms with Crippen LogP contribution in [0.25, 0.3) is 0 Å². The molecule has 0 bridgehead atoms. The molecule has 1 aliphatic heterocycles. The lowest BCUT2D eigenvalue weighted by Gasteiger charge is -2.25. The Morgan fingerprint density at radius 2 is 1.77 bits per heavy atom. The second kappa shape index (κ2) is 10.1. The summed E-state index contributed by atoms with van der Waals surface area (Å²) in [5, 5.41) is 2.76. The highest BCUT2D eigenvalue weighted by Gasteiger charge is 2.36. The normalized spacial score (nSPS) is 16.6. The summed E-state index contributed by atoms with van der Waals surface area (Å²) in [7, 11) is 0. The Morgan fingerprint density at radius 1 is 1.10 bits per heavy atom. The standard InChI is InChI=1S/C24H29N3O4/c1-16-8-6-9-17(2)19(16)14-20(22(25)28)26-23(29)21-12-7-13-27(21)24(30)31-15-18-10-4-3-5-11-18/h3-6,8-11,20-21H,7,12-15H2,1-2H3,(H2,25,28)(H,26,29)/t20-,21-/m1/s1. The van der Waals surface area contributed by atoms with Gasteiger partial charge in [-0.1, -0.05) is 48.5 Å². The minimum absolute atomic E-state index is 0.140. The van der Waals surface area contributed by atoms with Crippen LogP contribution in [0.3, 0.4) is 0 Å². The molecule has 3 amide bonds. The van der Waals surface area contributed by atoms with E-state index in [9.17, 15) is 14.4 Å². The lowest BCUT2D eigenvalue weighted by Crippen LogP contribution is -2.53. The van der Waals surface area contributed by atoms with Crippen molar-refractivity contribution in [2.45, 2.75) is 51.8 Å². The van der Waals surface area contributed by atoms with Crippen molar-refractivity contribution in [3.8, 4) is 0 Å². The number of aryl methyl sites for hydroxylation is 2. The van der Waals surface area contributed by atoms with E-state index in [0.29, 0.717) is 25.8 Å². The van der Waals surface area contributed by atoms with Crippen LogP contribution in [0.1, 0.15) is 35.1 Å². The van der Waals surface area contributed by atoms with Gasteiger partial charge in [-0.3, -0.25) is 14.5 Å². The molecule has 2 aromatic rings. The highest BCUT2D eigenvalue weighted by molar-refractivity contribution is 5.91. The van der Waals surface area contributed by atoms with E-state index in [1.165, 1.54) is 4.90 Å². The Kier molecular flexibility index (Phi) is 7.28. The first kappa shape index (κ1) is 22.3. The molecule has 0 aliphatic carbocycles. The van der Waals surface area contributed by atoms with Gasteiger partial charge >= 0.3 is 6.09 Å². The molecule has 2 aromatic carbocycles. The third-order valence-electron chi connectivity index (χ3n) is 5.71. The molecule has 0 saturated carbocycles. The maximum atomic E-state index is 12.9. The van der Waals surface area contributed by atoms with Gasteiger partial charge in [-0.2, -0.15) is 0 Å². The first-order valence-corrected chi connectivity index (χ1v) is 10.5. The molecule has 0 aromatic heterocycles. The van der Waals surface area contributed by atoms with Gasteiger partial charge in [0.1, 0.15) is 18.7 Å². The van der Waals surface area contributed by atoms with Gasteiger partial charge in [0, 0.05) is 13.0 Å². The van der Waals surface area contributed by atoms with E-state index in [4.69, 9.17) is 10.5 Å². The molecule has 0 unspecified atom stereocenters. The lowest BCUT2D eigenvalue weighted by atomic mass is 9.96. The van der Waals surface area contributed by atoms with Gasteiger partial charge < -0.3 is 15.8 Å². The van der Waals surface area contributed by atoms with Gasteiger partial charge in [-0.15, -0.1) is 0 Å². The molecule has 1 heterocycles. The number of nitrogens with two attached hydrogens (primary N) is 1. The average Bonchev–Trinajstić information content (AvgIpc) is 3.24. The van der Waals surface area contributed by atoms with Crippen molar-refractivity contribution in [1.29, 1.82) is 0 Å². The molecular weight excluding hydrogens is 394 g/mol. The maximum absolute atomic E-state index is 12.9. The van der Waals surface area contributed by atoms with Crippen molar-refractivity contribution >= 4 is 17.9 Å². The molecule has 0 radical (unpaired) electrons. The fourth-order valence-corrected chi connectivity index (χ4v) is 3.93. The predicted octanol–water partition coefficient (Wildman–Crippen LogP) is 2.62. The van der Waals surface area contributed by atoms with Crippen LogP contribution in [-0.2, 0) is 27.4 Å². The molecule has 164 valence electrons. The molecule has 1 aliphatic rings. The zero-order valence-corrected chi connectivity index (χ0v) is 18.0. The van der Waals surface area contributed by atoms with Gasteiger partial charge in [0.2, 0.25) is 11.8 Å². The van der Waals surface area contributed by atoms with Crippen molar-refractivity contribution in [2.24, 2.45) is 5.73 Å². The number of carbonyl (C=O) groups excluding carboxylic acids is 3. The third kappa shape index (κ3) is 5.63. The number of ether oxygens (including phenoxy) is 1. The van der Waals surface area contributed by atoms with E-state index in [1.54, 1.807) is 0 Å². The van der Waals surface area contributed by atoms with Crippen molar-refractivity contribution in [3.63, 3.8) is 0 Å². The average molecular weight is 424 g/mol. The number of likely N-dealkylation sites (tertiary alicyclic amines) is 1. The zero-order valence-electron chi connectivity index (χ0n) is 18.0. The molecule has 31 heavy (non-hydrogen) atoms. The van der Waals surface area contributed by atoms with Gasteiger partial charge in [0.05, 0.1) is 0 Å². The fourth-order valence-electron chi connectivity index (χ4n) is 3.93. The largest absolute Gasteiger partial charge is 0.445 e. The van der Waals surface area contributed by atoms with E-state index in [-0.39, 0.29) is 12.5 Å². The van der Waals surface area contributed by atoms with Gasteiger partial charge in [0.25, 0.3) is 0 Å². The summed E-state index contributed by atoms with van der Waals surface area (Å²) in [5.41, 5.74) is 9.51. The highest BCUT2D eigenvalue weighted by atomic mass is 16.6. The number of primary amides is 1. The van der Waals surface area contributed by atoms with Gasteiger partial charge in [-0.05, 0) is 48.9 Å². The number of nitrogens with zero attached hydrogens (tertiary/aromatic N) is 1. The van der Waals surface area contributed by atoms with Gasteiger partial charge in [0.15, 0.2) is 0 Å². The number of rotatable bonds is 7. The molecule has 3 N–H and O–H groups in total. The Balaban J connectivity index is 1.64. The third-order valence-corrected chi connectivity index (χ3v) is 5.71. The van der Waals surface area contributed by atoms with Crippen LogP contribution in [0.5, 0.6) is 0 Å². The van der Waals surface area contributed by atoms with Crippen LogP contribution in [0.4, 0.5) is 4.79 Å². The summed E-state index contributed by atoms with van der Waals surface area (Å²) in [4.78, 5) is 39.0. The summed E-state index contributed by atoms with van der Waals surface area (Å²) in [6.45, 7) is 4.50. The van der Waals surface area contributed by atoms with Crippen LogP contribution >= 0.6 is 0 Å². The first-order chi connectivity index (χ1) is 14.9. The highest BCUT2D eigenvalue weighted by Crippen LogP contribution is 2.20. The zero-order chi connectivity index (χ0) is 22.4. The molecule has 1 saturated heterocycles. The summed E-state index contributed by atoms with van der Waals surface area (Å²) in [5.74, 6) is -0.989. The van der Waals surface area contributed by atoms with Crippen molar-refractivity contribution in [3.05, 3.63) is 70.8 Å². The Morgan fingerprint density at radius 3 is 2.42 bits per heavy atom. The summed E-state index contributed by atoms with van der Waals surface area (Å²) < 4.78 is 5.39. The fraction of sp³-hybridized carbons (Fsp3) is 0.375. The molecular formula is C24H29N3O4. The van der Waals surface area contributed by atoms with E-state index in [0.717, 1.165) is 22.3 Å². The Bertz CT molecular complexity index is 925. The molecule has 7 nitrogen and oxygen atoms in total. The molecule has 1 fully saturated rings. The minimum atomic E-state index is -0.852. The first-order valence-electron chi connectivity index (χ1n) is 10.5. The number of carbonyl (C=O) groups is 3. The number of benzene rings is 2. The number of nitrogens with one attached hydrogen (secondary N) is 1. The van der Waals surface area contributed by atoms with Crippen molar-refractivity contribution in [2.75, 3.05) is 6.54 Å². The summed E-state index contributed by atoms with van der Waals surface area (Å²) in [6.07, 6.45) is 0.981. The smallest absolute Gasteiger partial charge is 0.410 e. The van der Waals surface area contributed by atoms with Crippen LogP contribution in [-0.4, -0.2) is 41.4 Å². The van der Waals surface area contributed by atoms with E-state index in [1.807, 2.05) is 62.4 Å². The van der Waals surface area contributed by atoms with E-state index >= 15 is 0 Å². The van der Waals surface area contributed by atoms with Gasteiger partial charge in [-0.25, -0.2) is 4.79 Å². The van der Waals surface area contributed by atoms with Crippen molar-refractivity contribution in [1.82, 2.24) is 10.2 Å². The second-order valence-corrected chi connectivity index (χ2v) is 7.93. The van der Waals surface area contributed by atoms with Crippen LogP contribution < -0.4 is 11.1 Å². The SMILES string of the molecule is Cc1cccc(C)c1C[C@@H](NC(=O)[C@H]1CCCN1C(=O)OCc1ccccc1)C(N)=O.